The largest absolute Gasteiger partial charge is 0.179 e. The maximum atomic E-state index is 4.27. The van der Waals surface area contributed by atoms with Gasteiger partial charge in [-0.2, -0.15) is 12.6 Å². The lowest BCUT2D eigenvalue weighted by molar-refractivity contribution is 0.450. The summed E-state index contributed by atoms with van der Waals surface area (Å²) in [6, 6.07) is 0. The van der Waals surface area contributed by atoms with Crippen molar-refractivity contribution < 1.29 is 0 Å². The van der Waals surface area contributed by atoms with Crippen LogP contribution < -0.4 is 0 Å². The van der Waals surface area contributed by atoms with Gasteiger partial charge in [0.15, 0.2) is 0 Å². The number of hydrogen-bond acceptors (Lipinski definition) is 1. The summed E-state index contributed by atoms with van der Waals surface area (Å²) < 4.78 is 0. The molecule has 0 N–H and O–H groups in total. The molecule has 0 radical (unpaired) electrons. The Morgan fingerprint density at radius 2 is 1.60 bits per heavy atom. The first-order valence-corrected chi connectivity index (χ1v) is 5.17. The fraction of sp³-hybridized carbons (Fsp3) is 1.00. The van der Waals surface area contributed by atoms with Gasteiger partial charge in [0.25, 0.3) is 0 Å². The van der Waals surface area contributed by atoms with E-state index in [9.17, 15) is 0 Å². The van der Waals surface area contributed by atoms with Crippen LogP contribution in [0.25, 0.3) is 0 Å². The highest BCUT2D eigenvalue weighted by Crippen LogP contribution is 2.25. The summed E-state index contributed by atoms with van der Waals surface area (Å²) in [7, 11) is 0. The molecule has 0 aliphatic heterocycles. The van der Waals surface area contributed by atoms with Gasteiger partial charge in [-0.3, -0.25) is 0 Å². The second kappa shape index (κ2) is 5.06. The van der Waals surface area contributed by atoms with Crippen molar-refractivity contribution in [3.8, 4) is 0 Å². The van der Waals surface area contributed by atoms with Gasteiger partial charge in [0.05, 0.1) is 0 Å². The average Bonchev–Trinajstić information content (AvgIpc) is 2.17. The molecule has 0 aromatic carbocycles. The SMILES string of the molecule is SCCC1CCCCCC1. The zero-order chi connectivity index (χ0) is 7.23. The van der Waals surface area contributed by atoms with Gasteiger partial charge in [-0.1, -0.05) is 38.5 Å². The van der Waals surface area contributed by atoms with Crippen molar-refractivity contribution in [3.63, 3.8) is 0 Å². The molecule has 0 aromatic rings. The second-order valence-corrected chi connectivity index (χ2v) is 3.82. The summed E-state index contributed by atoms with van der Waals surface area (Å²) in [5.74, 6) is 2.10. The van der Waals surface area contributed by atoms with Crippen LogP contribution >= 0.6 is 12.6 Å². The topological polar surface area (TPSA) is 0 Å². The lowest BCUT2D eigenvalue weighted by atomic mass is 9.98. The van der Waals surface area contributed by atoms with E-state index in [1.807, 2.05) is 0 Å². The first-order chi connectivity index (χ1) is 4.93. The van der Waals surface area contributed by atoms with Crippen molar-refractivity contribution in [2.45, 2.75) is 44.9 Å². The van der Waals surface area contributed by atoms with E-state index in [0.717, 1.165) is 11.7 Å². The smallest absolute Gasteiger partial charge is 0.00953 e. The summed E-state index contributed by atoms with van der Waals surface area (Å²) in [5.41, 5.74) is 0. The number of rotatable bonds is 2. The maximum Gasteiger partial charge on any atom is -0.00953 e. The van der Waals surface area contributed by atoms with Crippen molar-refractivity contribution in [1.82, 2.24) is 0 Å². The molecule has 0 atom stereocenters. The molecule has 1 saturated carbocycles. The monoisotopic (exact) mass is 158 g/mol. The first kappa shape index (κ1) is 8.45. The molecule has 0 unspecified atom stereocenters. The van der Waals surface area contributed by atoms with Gasteiger partial charge in [-0.25, -0.2) is 0 Å². The van der Waals surface area contributed by atoms with Gasteiger partial charge < -0.3 is 0 Å². The Kier molecular flexibility index (Phi) is 4.27. The highest BCUT2D eigenvalue weighted by Gasteiger charge is 2.10. The maximum absolute atomic E-state index is 4.27. The zero-order valence-corrected chi connectivity index (χ0v) is 7.58. The van der Waals surface area contributed by atoms with Crippen molar-refractivity contribution in [2.75, 3.05) is 5.75 Å². The molecule has 0 bridgehead atoms. The van der Waals surface area contributed by atoms with Crippen molar-refractivity contribution in [1.29, 1.82) is 0 Å². The minimum absolute atomic E-state index is 1.01. The van der Waals surface area contributed by atoms with E-state index in [4.69, 9.17) is 0 Å². The van der Waals surface area contributed by atoms with E-state index in [2.05, 4.69) is 12.6 Å². The average molecular weight is 158 g/mol. The van der Waals surface area contributed by atoms with Gasteiger partial charge in [0.2, 0.25) is 0 Å². The predicted octanol–water partition coefficient (Wildman–Crippen LogP) is 3.28. The fourth-order valence-corrected chi connectivity index (χ4v) is 2.20. The van der Waals surface area contributed by atoms with Crippen LogP contribution in [-0.2, 0) is 0 Å². The summed E-state index contributed by atoms with van der Waals surface area (Å²) in [6.07, 6.45) is 10.2. The van der Waals surface area contributed by atoms with Crippen molar-refractivity contribution in [2.24, 2.45) is 5.92 Å². The molecule has 0 nitrogen and oxygen atoms in total. The molecule has 1 aliphatic carbocycles. The lowest BCUT2D eigenvalue weighted by Crippen LogP contribution is -1.98. The highest BCUT2D eigenvalue weighted by molar-refractivity contribution is 7.80. The fourth-order valence-electron chi connectivity index (χ4n) is 1.84. The van der Waals surface area contributed by atoms with E-state index < -0.39 is 0 Å². The Morgan fingerprint density at radius 3 is 2.10 bits per heavy atom. The van der Waals surface area contributed by atoms with Gasteiger partial charge in [0, 0.05) is 0 Å². The third-order valence-corrected chi connectivity index (χ3v) is 2.77. The summed E-state index contributed by atoms with van der Waals surface area (Å²) in [6.45, 7) is 0. The highest BCUT2D eigenvalue weighted by atomic mass is 32.1. The quantitative estimate of drug-likeness (QED) is 0.463. The normalized spacial score (nSPS) is 22.5. The van der Waals surface area contributed by atoms with Crippen LogP contribution in [0.1, 0.15) is 44.9 Å². The summed E-state index contributed by atoms with van der Waals surface area (Å²) in [4.78, 5) is 0. The van der Waals surface area contributed by atoms with Crippen molar-refractivity contribution in [3.05, 3.63) is 0 Å². The molecule has 1 rings (SSSR count). The van der Waals surface area contributed by atoms with Gasteiger partial charge in [-0.15, -0.1) is 0 Å². The molecule has 0 spiro atoms. The lowest BCUT2D eigenvalue weighted by Gasteiger charge is -2.10. The molecule has 1 heteroatoms. The van der Waals surface area contributed by atoms with Crippen molar-refractivity contribution >= 4 is 12.6 Å². The number of hydrogen-bond donors (Lipinski definition) is 1. The molecule has 60 valence electrons. The molecular formula is C9H18S. The molecule has 0 saturated heterocycles. The molecule has 0 amide bonds. The zero-order valence-electron chi connectivity index (χ0n) is 6.68. The standard InChI is InChI=1S/C9H18S/c10-8-7-9-5-3-1-2-4-6-9/h9-10H,1-8H2. The van der Waals surface area contributed by atoms with Crippen LogP contribution in [0.2, 0.25) is 0 Å². The van der Waals surface area contributed by atoms with Crippen LogP contribution in [0.5, 0.6) is 0 Å². The molecule has 0 aromatic heterocycles. The predicted molar refractivity (Wildman–Crippen MR) is 49.7 cm³/mol. The van der Waals surface area contributed by atoms with E-state index >= 15 is 0 Å². The third kappa shape index (κ3) is 2.96. The van der Waals surface area contributed by atoms with Gasteiger partial charge >= 0.3 is 0 Å². The Hall–Kier alpha value is 0.350. The Balaban J connectivity index is 2.15. The van der Waals surface area contributed by atoms with Crippen LogP contribution in [0, 0.1) is 5.92 Å². The van der Waals surface area contributed by atoms with E-state index in [1.165, 1.54) is 44.9 Å². The number of thiol groups is 1. The Bertz CT molecular complexity index is 72.8. The first-order valence-electron chi connectivity index (χ1n) is 4.54. The third-order valence-electron chi connectivity index (χ3n) is 2.51. The summed E-state index contributed by atoms with van der Waals surface area (Å²) >= 11 is 4.27. The minimum atomic E-state index is 1.01. The van der Waals surface area contributed by atoms with Crippen LogP contribution in [0.3, 0.4) is 0 Å². The van der Waals surface area contributed by atoms with E-state index in [0.29, 0.717) is 0 Å². The van der Waals surface area contributed by atoms with E-state index in [1.54, 1.807) is 0 Å². The van der Waals surface area contributed by atoms with Crippen LogP contribution in [-0.4, -0.2) is 5.75 Å². The Labute approximate surface area is 69.8 Å². The molecular weight excluding hydrogens is 140 g/mol. The van der Waals surface area contributed by atoms with Gasteiger partial charge in [-0.05, 0) is 18.1 Å². The molecule has 1 aliphatic rings. The van der Waals surface area contributed by atoms with Gasteiger partial charge in [0.1, 0.15) is 0 Å². The summed E-state index contributed by atoms with van der Waals surface area (Å²) in [5, 5.41) is 0. The molecule has 1 fully saturated rings. The molecule has 0 heterocycles. The van der Waals surface area contributed by atoms with Crippen LogP contribution in [0.4, 0.5) is 0 Å². The minimum Gasteiger partial charge on any atom is -0.179 e. The Morgan fingerprint density at radius 1 is 1.00 bits per heavy atom. The second-order valence-electron chi connectivity index (χ2n) is 3.37. The van der Waals surface area contributed by atoms with Crippen LogP contribution in [0.15, 0.2) is 0 Å². The molecule has 10 heavy (non-hydrogen) atoms. The van der Waals surface area contributed by atoms with E-state index in [-0.39, 0.29) is 0 Å².